The number of nitrogens with one attached hydrogen (secondary N) is 2. The van der Waals surface area contributed by atoms with Crippen molar-refractivity contribution in [1.29, 1.82) is 0 Å². The molecule has 0 aliphatic rings. The summed E-state index contributed by atoms with van der Waals surface area (Å²) in [6.07, 6.45) is 1.03. The highest BCUT2D eigenvalue weighted by Gasteiger charge is 2.12. The summed E-state index contributed by atoms with van der Waals surface area (Å²) in [4.78, 5) is 15.4. The standard InChI is InChI=1S/C17H17N5/c1-3-10-4-5-13-11(6-10)7-14(21-13)12-8-15(18)22-17-16(12)19-9(2)20-17/h4-8,21H,3H2,1-2H3,(H3,18,19,20,22). The van der Waals surface area contributed by atoms with Gasteiger partial charge < -0.3 is 15.7 Å². The number of aryl methyl sites for hydroxylation is 2. The van der Waals surface area contributed by atoms with E-state index in [1.54, 1.807) is 0 Å². The number of nitrogens with two attached hydrogens (primary N) is 1. The maximum absolute atomic E-state index is 5.93. The summed E-state index contributed by atoms with van der Waals surface area (Å²) in [5.41, 5.74) is 12.0. The zero-order valence-electron chi connectivity index (χ0n) is 12.6. The lowest BCUT2D eigenvalue weighted by atomic mass is 10.1. The average Bonchev–Trinajstić information content (AvgIpc) is 3.07. The van der Waals surface area contributed by atoms with Crippen molar-refractivity contribution >= 4 is 27.9 Å². The summed E-state index contributed by atoms with van der Waals surface area (Å²) in [7, 11) is 0. The Balaban J connectivity index is 1.98. The molecule has 1 aromatic carbocycles. The molecule has 0 atom stereocenters. The van der Waals surface area contributed by atoms with Gasteiger partial charge in [-0.05, 0) is 43.2 Å². The number of hydrogen-bond donors (Lipinski definition) is 3. The van der Waals surface area contributed by atoms with Gasteiger partial charge in [-0.15, -0.1) is 0 Å². The minimum Gasteiger partial charge on any atom is -0.384 e. The molecule has 3 heterocycles. The summed E-state index contributed by atoms with van der Waals surface area (Å²) in [6, 6.07) is 10.5. The summed E-state index contributed by atoms with van der Waals surface area (Å²) < 4.78 is 0. The molecule has 0 fully saturated rings. The van der Waals surface area contributed by atoms with Crippen molar-refractivity contribution < 1.29 is 0 Å². The third kappa shape index (κ3) is 1.94. The number of benzene rings is 1. The molecule has 0 saturated carbocycles. The molecule has 0 aliphatic heterocycles. The first-order valence-electron chi connectivity index (χ1n) is 7.39. The minimum absolute atomic E-state index is 0.474. The number of rotatable bonds is 2. The number of aromatic amines is 2. The molecule has 4 N–H and O–H groups in total. The van der Waals surface area contributed by atoms with Crippen LogP contribution < -0.4 is 5.73 Å². The third-order valence-electron chi connectivity index (χ3n) is 3.98. The van der Waals surface area contributed by atoms with Gasteiger partial charge >= 0.3 is 0 Å². The Hall–Kier alpha value is -2.82. The van der Waals surface area contributed by atoms with Gasteiger partial charge in [-0.1, -0.05) is 13.0 Å². The normalized spacial score (nSPS) is 11.5. The quantitative estimate of drug-likeness (QED) is 0.528. The number of hydrogen-bond acceptors (Lipinski definition) is 3. The average molecular weight is 291 g/mol. The van der Waals surface area contributed by atoms with Crippen LogP contribution in [0, 0.1) is 6.92 Å². The predicted molar refractivity (Wildman–Crippen MR) is 89.7 cm³/mol. The molecular formula is C17H17N5. The smallest absolute Gasteiger partial charge is 0.180 e. The topological polar surface area (TPSA) is 83.4 Å². The Morgan fingerprint density at radius 2 is 1.95 bits per heavy atom. The fourth-order valence-electron chi connectivity index (χ4n) is 2.88. The second-order valence-corrected chi connectivity index (χ2v) is 5.57. The van der Waals surface area contributed by atoms with Crippen LogP contribution in [0.3, 0.4) is 0 Å². The van der Waals surface area contributed by atoms with Gasteiger partial charge in [0.15, 0.2) is 5.65 Å². The van der Waals surface area contributed by atoms with E-state index in [2.05, 4.69) is 51.1 Å². The molecule has 22 heavy (non-hydrogen) atoms. The van der Waals surface area contributed by atoms with E-state index >= 15 is 0 Å². The number of nitrogens with zero attached hydrogens (tertiary/aromatic N) is 2. The van der Waals surface area contributed by atoms with Crippen molar-refractivity contribution in [2.45, 2.75) is 20.3 Å². The van der Waals surface area contributed by atoms with Crippen molar-refractivity contribution in [2.24, 2.45) is 0 Å². The summed E-state index contributed by atoms with van der Waals surface area (Å²) in [5, 5.41) is 1.20. The lowest BCUT2D eigenvalue weighted by Gasteiger charge is -2.01. The molecule has 5 nitrogen and oxygen atoms in total. The van der Waals surface area contributed by atoms with Crippen LogP contribution in [-0.4, -0.2) is 19.9 Å². The number of imidazole rings is 1. The van der Waals surface area contributed by atoms with Crippen LogP contribution >= 0.6 is 0 Å². The second-order valence-electron chi connectivity index (χ2n) is 5.57. The molecule has 0 unspecified atom stereocenters. The van der Waals surface area contributed by atoms with E-state index in [-0.39, 0.29) is 0 Å². The van der Waals surface area contributed by atoms with E-state index < -0.39 is 0 Å². The van der Waals surface area contributed by atoms with Gasteiger partial charge in [0.05, 0.1) is 5.52 Å². The van der Waals surface area contributed by atoms with Crippen molar-refractivity contribution in [3.8, 4) is 11.3 Å². The number of anilines is 1. The number of pyridine rings is 1. The zero-order valence-corrected chi connectivity index (χ0v) is 12.6. The molecule has 5 heteroatoms. The summed E-state index contributed by atoms with van der Waals surface area (Å²) >= 11 is 0. The van der Waals surface area contributed by atoms with Gasteiger partial charge in [-0.3, -0.25) is 0 Å². The van der Waals surface area contributed by atoms with E-state index in [9.17, 15) is 0 Å². The number of fused-ring (bicyclic) bond motifs is 2. The van der Waals surface area contributed by atoms with Crippen LogP contribution in [0.5, 0.6) is 0 Å². The zero-order chi connectivity index (χ0) is 15.3. The van der Waals surface area contributed by atoms with Gasteiger partial charge in [0.25, 0.3) is 0 Å². The lowest BCUT2D eigenvalue weighted by molar-refractivity contribution is 1.15. The summed E-state index contributed by atoms with van der Waals surface area (Å²) in [6.45, 7) is 4.08. The van der Waals surface area contributed by atoms with Crippen LogP contribution in [-0.2, 0) is 6.42 Å². The van der Waals surface area contributed by atoms with E-state index in [4.69, 9.17) is 5.73 Å². The highest BCUT2D eigenvalue weighted by Crippen LogP contribution is 2.30. The molecule has 0 bridgehead atoms. The first-order chi connectivity index (χ1) is 10.6. The summed E-state index contributed by atoms with van der Waals surface area (Å²) in [5.74, 6) is 1.31. The predicted octanol–water partition coefficient (Wildman–Crippen LogP) is 3.56. The van der Waals surface area contributed by atoms with Crippen molar-refractivity contribution in [2.75, 3.05) is 5.73 Å². The van der Waals surface area contributed by atoms with Crippen LogP contribution in [0.15, 0.2) is 30.3 Å². The Bertz CT molecular complexity index is 993. The molecule has 3 aromatic heterocycles. The van der Waals surface area contributed by atoms with E-state index in [1.165, 1.54) is 10.9 Å². The molecule has 4 rings (SSSR count). The maximum Gasteiger partial charge on any atom is 0.180 e. The van der Waals surface area contributed by atoms with Gasteiger partial charge in [0, 0.05) is 22.2 Å². The molecular weight excluding hydrogens is 274 g/mol. The van der Waals surface area contributed by atoms with Crippen molar-refractivity contribution in [3.05, 3.63) is 41.7 Å². The van der Waals surface area contributed by atoms with Crippen molar-refractivity contribution in [3.63, 3.8) is 0 Å². The molecule has 110 valence electrons. The Morgan fingerprint density at radius 1 is 1.09 bits per heavy atom. The highest BCUT2D eigenvalue weighted by molar-refractivity contribution is 5.95. The first kappa shape index (κ1) is 12.9. The van der Waals surface area contributed by atoms with Crippen LogP contribution in [0.2, 0.25) is 0 Å². The fraction of sp³-hybridized carbons (Fsp3) is 0.176. The number of nitrogen functional groups attached to an aromatic ring is 1. The maximum atomic E-state index is 5.93. The molecule has 0 spiro atoms. The molecule has 0 radical (unpaired) electrons. The third-order valence-corrected chi connectivity index (χ3v) is 3.98. The van der Waals surface area contributed by atoms with Crippen molar-refractivity contribution in [1.82, 2.24) is 19.9 Å². The van der Waals surface area contributed by atoms with E-state index in [1.807, 2.05) is 13.0 Å². The Labute approximate surface area is 127 Å². The minimum atomic E-state index is 0.474. The van der Waals surface area contributed by atoms with Gasteiger partial charge in [-0.2, -0.15) is 0 Å². The SMILES string of the molecule is CCc1ccc2[nH]c(-c3cc(N)nc4nc(C)[nH]c34)cc2c1. The Kier molecular flexibility index (Phi) is 2.69. The molecule has 0 amide bonds. The highest BCUT2D eigenvalue weighted by atomic mass is 15.0. The van der Waals surface area contributed by atoms with Crippen LogP contribution in [0.1, 0.15) is 18.3 Å². The van der Waals surface area contributed by atoms with Crippen LogP contribution in [0.25, 0.3) is 33.3 Å². The monoisotopic (exact) mass is 291 g/mol. The number of H-pyrrole nitrogens is 2. The van der Waals surface area contributed by atoms with Gasteiger partial charge in [0.1, 0.15) is 11.6 Å². The van der Waals surface area contributed by atoms with Gasteiger partial charge in [0.2, 0.25) is 0 Å². The molecule has 0 aliphatic carbocycles. The second kappa shape index (κ2) is 4.59. The van der Waals surface area contributed by atoms with E-state index in [0.717, 1.165) is 34.5 Å². The Morgan fingerprint density at radius 3 is 2.77 bits per heavy atom. The number of aromatic nitrogens is 4. The van der Waals surface area contributed by atoms with Gasteiger partial charge in [-0.25, -0.2) is 9.97 Å². The fourth-order valence-corrected chi connectivity index (χ4v) is 2.88. The largest absolute Gasteiger partial charge is 0.384 e. The van der Waals surface area contributed by atoms with E-state index in [0.29, 0.717) is 11.5 Å². The molecule has 4 aromatic rings. The first-order valence-corrected chi connectivity index (χ1v) is 7.39. The lowest BCUT2D eigenvalue weighted by Crippen LogP contribution is -1.92. The van der Waals surface area contributed by atoms with Crippen LogP contribution in [0.4, 0.5) is 5.82 Å². The molecule has 0 saturated heterocycles.